The first-order chi connectivity index (χ1) is 9.24. The number of likely N-dealkylation sites (N-methyl/N-ethyl adjacent to an activating group) is 1. The fraction of sp³-hybridized carbons (Fsp3) is 0.500. The van der Waals surface area contributed by atoms with Gasteiger partial charge in [0.15, 0.2) is 0 Å². The molecule has 1 heterocycles. The van der Waals surface area contributed by atoms with Crippen molar-refractivity contribution in [1.82, 2.24) is 9.91 Å². The number of morpholine rings is 1. The molecule has 1 fully saturated rings. The Morgan fingerprint density at radius 3 is 2.50 bits per heavy atom. The number of carbonyl (C=O) groups is 1. The number of benzene rings is 1. The van der Waals surface area contributed by atoms with Gasteiger partial charge < -0.3 is 4.74 Å². The summed E-state index contributed by atoms with van der Waals surface area (Å²) < 4.78 is 5.35. The van der Waals surface area contributed by atoms with Gasteiger partial charge in [0.05, 0.1) is 13.2 Å². The Morgan fingerprint density at radius 2 is 1.95 bits per heavy atom. The van der Waals surface area contributed by atoms with Crippen molar-refractivity contribution < 1.29 is 9.53 Å². The molecule has 20 heavy (non-hydrogen) atoms. The van der Waals surface area contributed by atoms with Gasteiger partial charge in [0.25, 0.3) is 5.91 Å². The molecule has 0 saturated carbocycles. The first-order valence-corrected chi connectivity index (χ1v) is 6.67. The van der Waals surface area contributed by atoms with Gasteiger partial charge in [0.1, 0.15) is 6.04 Å². The van der Waals surface area contributed by atoms with Gasteiger partial charge in [0.2, 0.25) is 0 Å². The minimum Gasteiger partial charge on any atom is -0.379 e. The van der Waals surface area contributed by atoms with Crippen LogP contribution in [0.3, 0.4) is 0 Å². The van der Waals surface area contributed by atoms with E-state index < -0.39 is 0 Å². The summed E-state index contributed by atoms with van der Waals surface area (Å²) in [5, 5.41) is 1.28. The molecule has 5 nitrogen and oxygen atoms in total. The number of nitrogens with zero attached hydrogens (tertiary/aromatic N) is 2. The summed E-state index contributed by atoms with van der Waals surface area (Å²) in [4.78, 5) is 14.6. The average Bonchev–Trinajstić information content (AvgIpc) is 2.49. The second-order valence-corrected chi connectivity index (χ2v) is 4.59. The molecule has 0 bridgehead atoms. The third-order valence-corrected chi connectivity index (χ3v) is 3.38. The molecule has 1 aliphatic heterocycles. The second kappa shape index (κ2) is 8.21. The van der Waals surface area contributed by atoms with Gasteiger partial charge in [-0.25, -0.2) is 5.84 Å². The van der Waals surface area contributed by atoms with Crippen molar-refractivity contribution in [2.45, 2.75) is 13.0 Å². The van der Waals surface area contributed by atoms with Crippen LogP contribution in [0.2, 0.25) is 0 Å². The van der Waals surface area contributed by atoms with Gasteiger partial charge in [-0.3, -0.25) is 14.7 Å². The van der Waals surface area contributed by atoms with E-state index in [1.807, 2.05) is 37.3 Å². The highest BCUT2D eigenvalue weighted by molar-refractivity contribution is 5.85. The summed E-state index contributed by atoms with van der Waals surface area (Å²) in [6, 6.07) is 9.48. The van der Waals surface area contributed by atoms with Crippen molar-refractivity contribution >= 4 is 18.3 Å². The Balaban J connectivity index is 0.00000200. The third kappa shape index (κ3) is 3.93. The highest BCUT2D eigenvalue weighted by atomic mass is 35.5. The molecule has 2 rings (SSSR count). The van der Waals surface area contributed by atoms with Crippen LogP contribution in [0.25, 0.3) is 0 Å². The molecule has 1 aromatic rings. The Morgan fingerprint density at radius 1 is 1.35 bits per heavy atom. The Kier molecular flexibility index (Phi) is 6.95. The Bertz CT molecular complexity index is 410. The molecule has 0 spiro atoms. The lowest BCUT2D eigenvalue weighted by Crippen LogP contribution is -2.49. The molecular formula is C14H22ClN3O2. The molecule has 1 aromatic carbocycles. The number of halogens is 1. The number of rotatable bonds is 4. The van der Waals surface area contributed by atoms with Gasteiger partial charge >= 0.3 is 0 Å². The topological polar surface area (TPSA) is 58.8 Å². The second-order valence-electron chi connectivity index (χ2n) is 4.59. The van der Waals surface area contributed by atoms with Crippen LogP contribution < -0.4 is 5.84 Å². The number of amides is 1. The third-order valence-electron chi connectivity index (χ3n) is 3.38. The molecule has 0 aliphatic carbocycles. The van der Waals surface area contributed by atoms with Gasteiger partial charge in [-0.1, -0.05) is 30.3 Å². The summed E-state index contributed by atoms with van der Waals surface area (Å²) in [6.45, 7) is 5.21. The van der Waals surface area contributed by atoms with E-state index in [1.54, 1.807) is 0 Å². The van der Waals surface area contributed by atoms with E-state index >= 15 is 0 Å². The quantitative estimate of drug-likeness (QED) is 0.516. The van der Waals surface area contributed by atoms with Crippen LogP contribution in [0.1, 0.15) is 18.5 Å². The zero-order chi connectivity index (χ0) is 13.7. The van der Waals surface area contributed by atoms with Crippen molar-refractivity contribution in [2.75, 3.05) is 32.8 Å². The number of carbonyl (C=O) groups excluding carboxylic acids is 1. The van der Waals surface area contributed by atoms with E-state index in [0.717, 1.165) is 18.7 Å². The number of hydrazine groups is 1. The molecule has 6 heteroatoms. The number of ether oxygens (including phenoxy) is 1. The van der Waals surface area contributed by atoms with Crippen molar-refractivity contribution in [3.63, 3.8) is 0 Å². The summed E-state index contributed by atoms with van der Waals surface area (Å²) in [6.07, 6.45) is 0. The van der Waals surface area contributed by atoms with Crippen LogP contribution in [0.15, 0.2) is 30.3 Å². The van der Waals surface area contributed by atoms with E-state index in [-0.39, 0.29) is 24.4 Å². The van der Waals surface area contributed by atoms with E-state index in [9.17, 15) is 4.79 Å². The predicted molar refractivity (Wildman–Crippen MR) is 80.4 cm³/mol. The molecular weight excluding hydrogens is 278 g/mol. The van der Waals surface area contributed by atoms with Crippen LogP contribution in [0.5, 0.6) is 0 Å². The van der Waals surface area contributed by atoms with Crippen molar-refractivity contribution in [3.05, 3.63) is 35.9 Å². The Hall–Kier alpha value is -1.14. The Labute approximate surface area is 126 Å². The van der Waals surface area contributed by atoms with Crippen LogP contribution in [0.4, 0.5) is 0 Å². The number of nitrogens with two attached hydrogens (primary N) is 1. The van der Waals surface area contributed by atoms with Gasteiger partial charge in [0, 0.05) is 19.6 Å². The van der Waals surface area contributed by atoms with Gasteiger partial charge in [-0.2, -0.15) is 0 Å². The highest BCUT2D eigenvalue weighted by Crippen LogP contribution is 2.23. The lowest BCUT2D eigenvalue weighted by Gasteiger charge is -2.35. The smallest absolute Gasteiger partial charge is 0.258 e. The van der Waals surface area contributed by atoms with Crippen molar-refractivity contribution in [2.24, 2.45) is 5.84 Å². The van der Waals surface area contributed by atoms with E-state index in [1.165, 1.54) is 5.01 Å². The maximum atomic E-state index is 12.5. The molecule has 0 radical (unpaired) electrons. The monoisotopic (exact) mass is 299 g/mol. The largest absolute Gasteiger partial charge is 0.379 e. The van der Waals surface area contributed by atoms with Gasteiger partial charge in [-0.05, 0) is 12.5 Å². The minimum absolute atomic E-state index is 0. The van der Waals surface area contributed by atoms with Crippen molar-refractivity contribution in [1.29, 1.82) is 0 Å². The molecule has 0 aromatic heterocycles. The fourth-order valence-electron chi connectivity index (χ4n) is 2.29. The maximum absolute atomic E-state index is 12.5. The minimum atomic E-state index is -0.310. The lowest BCUT2D eigenvalue weighted by molar-refractivity contribution is -0.139. The SMILES string of the molecule is CCN(N)C(=O)[C@@H](c1ccccc1)N1CCOCC1.Cl. The first kappa shape index (κ1) is 16.9. The zero-order valence-electron chi connectivity index (χ0n) is 11.7. The van der Waals surface area contributed by atoms with Crippen LogP contribution in [-0.4, -0.2) is 48.7 Å². The molecule has 1 atom stereocenters. The predicted octanol–water partition coefficient (Wildman–Crippen LogP) is 1.20. The zero-order valence-corrected chi connectivity index (χ0v) is 12.5. The van der Waals surface area contributed by atoms with E-state index in [0.29, 0.717) is 19.8 Å². The summed E-state index contributed by atoms with van der Waals surface area (Å²) in [5.74, 6) is 5.73. The maximum Gasteiger partial charge on any atom is 0.258 e. The first-order valence-electron chi connectivity index (χ1n) is 6.67. The molecule has 0 unspecified atom stereocenters. The molecule has 1 amide bonds. The van der Waals surface area contributed by atoms with E-state index in [2.05, 4.69) is 4.90 Å². The molecule has 1 saturated heterocycles. The normalized spacial score (nSPS) is 17.1. The molecule has 1 aliphatic rings. The van der Waals surface area contributed by atoms with Crippen LogP contribution in [0, 0.1) is 0 Å². The summed E-state index contributed by atoms with van der Waals surface area (Å²) >= 11 is 0. The standard InChI is InChI=1S/C14H21N3O2.ClH/c1-2-17(15)14(18)13(12-6-4-3-5-7-12)16-8-10-19-11-9-16;/h3-7,13H,2,8-11,15H2,1H3;1H/t13-;/m1./s1. The molecule has 112 valence electrons. The van der Waals surface area contributed by atoms with Crippen LogP contribution in [-0.2, 0) is 9.53 Å². The summed E-state index contributed by atoms with van der Waals surface area (Å²) in [5.41, 5.74) is 0.985. The highest BCUT2D eigenvalue weighted by Gasteiger charge is 2.30. The lowest BCUT2D eigenvalue weighted by atomic mass is 10.0. The van der Waals surface area contributed by atoms with Crippen molar-refractivity contribution in [3.8, 4) is 0 Å². The average molecular weight is 300 g/mol. The van der Waals surface area contributed by atoms with E-state index in [4.69, 9.17) is 10.6 Å². The molecule has 2 N–H and O–H groups in total. The number of hydrogen-bond acceptors (Lipinski definition) is 4. The number of hydrogen-bond donors (Lipinski definition) is 1. The fourth-order valence-corrected chi connectivity index (χ4v) is 2.29. The van der Waals surface area contributed by atoms with Crippen LogP contribution >= 0.6 is 12.4 Å². The summed E-state index contributed by atoms with van der Waals surface area (Å²) in [7, 11) is 0. The van der Waals surface area contributed by atoms with Gasteiger partial charge in [-0.15, -0.1) is 12.4 Å².